The molecule has 0 saturated heterocycles. The number of nitrogens with one attached hydrogen (secondary N) is 1. The first-order valence-corrected chi connectivity index (χ1v) is 7.60. The average Bonchev–Trinajstić information content (AvgIpc) is 3.07. The lowest BCUT2D eigenvalue weighted by Gasteiger charge is -2.31. The molecule has 1 heterocycles. The summed E-state index contributed by atoms with van der Waals surface area (Å²) in [5.74, 6) is -0.0645. The van der Waals surface area contributed by atoms with Crippen molar-refractivity contribution in [1.29, 1.82) is 0 Å². The smallest absolute Gasteiger partial charge is 0.140 e. The number of aromatic nitrogens is 2. The molecule has 10 nitrogen and oxygen atoms in total. The summed E-state index contributed by atoms with van der Waals surface area (Å²) in [6, 6.07) is 6.80. The van der Waals surface area contributed by atoms with Gasteiger partial charge in [-0.2, -0.15) is 0 Å². The summed E-state index contributed by atoms with van der Waals surface area (Å²) in [6.45, 7) is -0.884. The molecule has 0 aliphatic heterocycles. The normalized spacial score (nSPS) is 20.6. The lowest BCUT2D eigenvalue weighted by atomic mass is 9.94. The Hall–Kier alpha value is -1.63. The molecule has 0 spiro atoms. The van der Waals surface area contributed by atoms with Crippen LogP contribution < -0.4 is 0 Å². The minimum Gasteiger partial charge on any atom is -0.394 e. The van der Waals surface area contributed by atoms with Crippen LogP contribution in [0.4, 0.5) is 0 Å². The third-order valence-corrected chi connectivity index (χ3v) is 3.99. The fourth-order valence-electron chi connectivity index (χ4n) is 2.40. The Kier molecular flexibility index (Phi) is 6.43. The van der Waals surface area contributed by atoms with Crippen molar-refractivity contribution in [1.82, 2.24) is 9.97 Å². The molecule has 0 aliphatic carbocycles. The quantitative estimate of drug-likeness (QED) is 0.233. The molecule has 2 aromatic rings. The van der Waals surface area contributed by atoms with E-state index in [-0.39, 0.29) is 5.82 Å². The molecule has 0 aliphatic rings. The van der Waals surface area contributed by atoms with Crippen LogP contribution in [0, 0.1) is 0 Å². The van der Waals surface area contributed by atoms with E-state index in [1.54, 1.807) is 24.3 Å². The number of aliphatic hydroxyl groups excluding tert-OH is 8. The number of nitrogens with zero attached hydrogens (tertiary/aromatic N) is 1. The third-order valence-electron chi connectivity index (χ3n) is 3.99. The molecule has 25 heavy (non-hydrogen) atoms. The summed E-state index contributed by atoms with van der Waals surface area (Å²) in [4.78, 5) is 6.80. The number of aliphatic hydroxyl groups is 8. The third kappa shape index (κ3) is 4.14. The van der Waals surface area contributed by atoms with Gasteiger partial charge in [0.15, 0.2) is 0 Å². The Labute approximate surface area is 142 Å². The predicted octanol–water partition coefficient (Wildman–Crippen LogP) is -3.25. The molecule has 1 aromatic heterocycles. The van der Waals surface area contributed by atoms with Crippen molar-refractivity contribution in [2.45, 2.75) is 42.7 Å². The SMILES string of the molecule is OCC(O)C(O)C(O)C(O)C(O)C(O)C(O)c1nc2ccccc2[nH]1. The number of benzene rings is 1. The highest BCUT2D eigenvalue weighted by Crippen LogP contribution is 2.22. The maximum absolute atomic E-state index is 10.1. The van der Waals surface area contributed by atoms with E-state index in [0.717, 1.165) is 0 Å². The summed E-state index contributed by atoms with van der Waals surface area (Å²) in [5, 5.41) is 77.2. The molecule has 0 amide bonds. The minimum atomic E-state index is -2.11. The molecule has 0 fully saturated rings. The Bertz CT molecular complexity index is 647. The van der Waals surface area contributed by atoms with Crippen molar-refractivity contribution >= 4 is 11.0 Å². The number of para-hydroxylation sites is 2. The molecule has 140 valence electrons. The number of imidazole rings is 1. The van der Waals surface area contributed by atoms with Crippen LogP contribution in [0.2, 0.25) is 0 Å². The van der Waals surface area contributed by atoms with Crippen LogP contribution in [0.1, 0.15) is 11.9 Å². The first-order chi connectivity index (χ1) is 11.8. The molecule has 0 saturated carbocycles. The highest BCUT2D eigenvalue weighted by atomic mass is 16.4. The van der Waals surface area contributed by atoms with Gasteiger partial charge in [0.1, 0.15) is 48.6 Å². The molecule has 10 heteroatoms. The zero-order valence-corrected chi connectivity index (χ0v) is 13.1. The Morgan fingerprint density at radius 3 is 1.96 bits per heavy atom. The van der Waals surface area contributed by atoms with Crippen LogP contribution in [0.15, 0.2) is 24.3 Å². The summed E-state index contributed by atoms with van der Waals surface area (Å²) < 4.78 is 0. The second kappa shape index (κ2) is 8.17. The van der Waals surface area contributed by atoms with Crippen LogP contribution in [-0.2, 0) is 0 Å². The van der Waals surface area contributed by atoms with Crippen molar-refractivity contribution in [3.63, 3.8) is 0 Å². The van der Waals surface area contributed by atoms with Gasteiger partial charge >= 0.3 is 0 Å². The second-order valence-electron chi connectivity index (χ2n) is 5.79. The van der Waals surface area contributed by atoms with Crippen LogP contribution in [0.3, 0.4) is 0 Å². The van der Waals surface area contributed by atoms with Gasteiger partial charge in [-0.25, -0.2) is 4.98 Å². The average molecular weight is 358 g/mol. The van der Waals surface area contributed by atoms with E-state index in [1.165, 1.54) is 0 Å². The first kappa shape index (κ1) is 19.7. The van der Waals surface area contributed by atoms with Gasteiger partial charge in [-0.1, -0.05) is 12.1 Å². The van der Waals surface area contributed by atoms with E-state index in [1.807, 2.05) is 0 Å². The maximum Gasteiger partial charge on any atom is 0.140 e. The standard InChI is InChI=1S/C15H22N2O8/c18-5-8(19)9(20)10(21)11(22)12(23)13(24)14(25)15-16-6-3-1-2-4-7(6)17-15/h1-4,8-14,18-25H,5H2,(H,16,17). The van der Waals surface area contributed by atoms with Gasteiger partial charge in [0.2, 0.25) is 0 Å². The van der Waals surface area contributed by atoms with Crippen LogP contribution >= 0.6 is 0 Å². The Morgan fingerprint density at radius 1 is 0.800 bits per heavy atom. The summed E-state index contributed by atoms with van der Waals surface area (Å²) in [6.07, 6.45) is -13.6. The minimum absolute atomic E-state index is 0.0645. The van der Waals surface area contributed by atoms with E-state index in [9.17, 15) is 35.7 Å². The van der Waals surface area contributed by atoms with E-state index in [2.05, 4.69) is 9.97 Å². The number of fused-ring (bicyclic) bond motifs is 1. The van der Waals surface area contributed by atoms with E-state index < -0.39 is 49.3 Å². The zero-order chi connectivity index (χ0) is 18.7. The Balaban J connectivity index is 2.10. The predicted molar refractivity (Wildman–Crippen MR) is 84.2 cm³/mol. The highest BCUT2D eigenvalue weighted by Gasteiger charge is 2.40. The molecular formula is C15H22N2O8. The Morgan fingerprint density at radius 2 is 1.36 bits per heavy atom. The molecule has 7 atom stereocenters. The second-order valence-corrected chi connectivity index (χ2v) is 5.79. The number of rotatable bonds is 8. The number of H-pyrrole nitrogens is 1. The van der Waals surface area contributed by atoms with Crippen molar-refractivity contribution in [3.8, 4) is 0 Å². The highest BCUT2D eigenvalue weighted by molar-refractivity contribution is 5.74. The van der Waals surface area contributed by atoms with Gasteiger partial charge in [0, 0.05) is 0 Å². The number of hydrogen-bond acceptors (Lipinski definition) is 9. The number of hydrogen-bond donors (Lipinski definition) is 9. The molecule has 7 unspecified atom stereocenters. The van der Waals surface area contributed by atoms with Gasteiger partial charge in [0.25, 0.3) is 0 Å². The van der Waals surface area contributed by atoms with Crippen molar-refractivity contribution in [3.05, 3.63) is 30.1 Å². The number of aromatic amines is 1. The molecule has 9 N–H and O–H groups in total. The van der Waals surface area contributed by atoms with Gasteiger partial charge in [-0.3, -0.25) is 0 Å². The molecular weight excluding hydrogens is 336 g/mol. The van der Waals surface area contributed by atoms with Gasteiger partial charge in [-0.05, 0) is 12.1 Å². The zero-order valence-electron chi connectivity index (χ0n) is 13.1. The summed E-state index contributed by atoms with van der Waals surface area (Å²) in [7, 11) is 0. The van der Waals surface area contributed by atoms with E-state index in [4.69, 9.17) is 5.11 Å². The van der Waals surface area contributed by atoms with E-state index in [0.29, 0.717) is 11.0 Å². The van der Waals surface area contributed by atoms with Crippen molar-refractivity contribution in [2.24, 2.45) is 0 Å². The summed E-state index contributed by atoms with van der Waals surface area (Å²) >= 11 is 0. The van der Waals surface area contributed by atoms with Crippen LogP contribution in [-0.4, -0.2) is 94.1 Å². The lowest BCUT2D eigenvalue weighted by Crippen LogP contribution is -2.53. The van der Waals surface area contributed by atoms with Crippen molar-refractivity contribution in [2.75, 3.05) is 6.61 Å². The first-order valence-electron chi connectivity index (χ1n) is 7.60. The summed E-state index contributed by atoms with van der Waals surface area (Å²) in [5.41, 5.74) is 1.10. The largest absolute Gasteiger partial charge is 0.394 e. The molecule has 0 bridgehead atoms. The topological polar surface area (TPSA) is 191 Å². The molecule has 2 rings (SSSR count). The van der Waals surface area contributed by atoms with Gasteiger partial charge in [-0.15, -0.1) is 0 Å². The molecule has 1 aromatic carbocycles. The fraction of sp³-hybridized carbons (Fsp3) is 0.533. The molecule has 0 radical (unpaired) electrons. The van der Waals surface area contributed by atoms with Gasteiger partial charge in [0.05, 0.1) is 17.6 Å². The fourth-order valence-corrected chi connectivity index (χ4v) is 2.40. The van der Waals surface area contributed by atoms with E-state index >= 15 is 0 Å². The van der Waals surface area contributed by atoms with Crippen LogP contribution in [0.5, 0.6) is 0 Å². The lowest BCUT2D eigenvalue weighted by molar-refractivity contribution is -0.171. The van der Waals surface area contributed by atoms with Crippen LogP contribution in [0.25, 0.3) is 11.0 Å². The van der Waals surface area contributed by atoms with Crippen molar-refractivity contribution < 1.29 is 40.9 Å². The van der Waals surface area contributed by atoms with Gasteiger partial charge < -0.3 is 45.8 Å². The maximum atomic E-state index is 10.1. The monoisotopic (exact) mass is 358 g/mol.